The smallest absolute Gasteiger partial charge is 0.0595 e. The Morgan fingerprint density at radius 1 is 1.32 bits per heavy atom. The molecule has 0 aliphatic carbocycles. The molecular formula is C14H21Cl2N3. The molecule has 1 aliphatic heterocycles. The first-order chi connectivity index (χ1) is 9.02. The monoisotopic (exact) mass is 301 g/mol. The Morgan fingerprint density at radius 3 is 2.63 bits per heavy atom. The van der Waals surface area contributed by atoms with Crippen molar-refractivity contribution in [1.29, 1.82) is 0 Å². The number of nitrogens with zero attached hydrogens (tertiary/aromatic N) is 2. The lowest BCUT2D eigenvalue weighted by atomic mass is 10.0. The lowest BCUT2D eigenvalue weighted by Crippen LogP contribution is -2.52. The van der Waals surface area contributed by atoms with Gasteiger partial charge in [-0.1, -0.05) is 29.3 Å². The molecule has 0 spiro atoms. The highest BCUT2D eigenvalue weighted by molar-refractivity contribution is 6.42. The maximum atomic E-state index is 6.11. The quantitative estimate of drug-likeness (QED) is 0.931. The lowest BCUT2D eigenvalue weighted by molar-refractivity contribution is 0.0741. The SMILES string of the molecule is CC1CN(C(CN)c2ccc(Cl)c(Cl)c2)CCN1C. The van der Waals surface area contributed by atoms with E-state index in [0.717, 1.165) is 25.2 Å². The molecule has 2 unspecified atom stereocenters. The van der Waals surface area contributed by atoms with Crippen LogP contribution >= 0.6 is 23.2 Å². The molecule has 2 atom stereocenters. The van der Waals surface area contributed by atoms with Crippen LogP contribution in [0.2, 0.25) is 10.0 Å². The van der Waals surface area contributed by atoms with Crippen LogP contribution in [0.15, 0.2) is 18.2 Å². The fourth-order valence-corrected chi connectivity index (χ4v) is 2.88. The van der Waals surface area contributed by atoms with Crippen molar-refractivity contribution < 1.29 is 0 Å². The zero-order chi connectivity index (χ0) is 14.0. The van der Waals surface area contributed by atoms with Crippen molar-refractivity contribution in [2.75, 3.05) is 33.2 Å². The normalized spacial score (nSPS) is 23.5. The summed E-state index contributed by atoms with van der Waals surface area (Å²) in [6.45, 7) is 5.96. The molecule has 0 bridgehead atoms. The highest BCUT2D eigenvalue weighted by Gasteiger charge is 2.26. The molecular weight excluding hydrogens is 281 g/mol. The van der Waals surface area contributed by atoms with Gasteiger partial charge in [0.15, 0.2) is 0 Å². The average molecular weight is 302 g/mol. The molecule has 1 aromatic rings. The van der Waals surface area contributed by atoms with Crippen LogP contribution in [0.5, 0.6) is 0 Å². The molecule has 2 rings (SSSR count). The molecule has 1 aliphatic rings. The summed E-state index contributed by atoms with van der Waals surface area (Å²) in [4.78, 5) is 4.81. The molecule has 3 nitrogen and oxygen atoms in total. The fourth-order valence-electron chi connectivity index (χ4n) is 2.58. The van der Waals surface area contributed by atoms with Crippen molar-refractivity contribution in [2.24, 2.45) is 5.73 Å². The summed E-state index contributed by atoms with van der Waals surface area (Å²) >= 11 is 12.1. The number of halogens is 2. The molecule has 1 fully saturated rings. The Hall–Kier alpha value is -0.320. The second-order valence-electron chi connectivity index (χ2n) is 5.25. The van der Waals surface area contributed by atoms with Crippen LogP contribution in [0.25, 0.3) is 0 Å². The topological polar surface area (TPSA) is 32.5 Å². The first kappa shape index (κ1) is 15.1. The number of benzene rings is 1. The fraction of sp³-hybridized carbons (Fsp3) is 0.571. The van der Waals surface area contributed by atoms with Gasteiger partial charge in [-0.05, 0) is 31.7 Å². The van der Waals surface area contributed by atoms with Crippen molar-refractivity contribution in [3.8, 4) is 0 Å². The molecule has 1 heterocycles. The van der Waals surface area contributed by atoms with E-state index in [1.807, 2.05) is 18.2 Å². The van der Waals surface area contributed by atoms with Crippen molar-refractivity contribution in [1.82, 2.24) is 9.80 Å². The van der Waals surface area contributed by atoms with E-state index in [4.69, 9.17) is 28.9 Å². The van der Waals surface area contributed by atoms with Crippen LogP contribution in [-0.4, -0.2) is 49.1 Å². The van der Waals surface area contributed by atoms with E-state index in [2.05, 4.69) is 23.8 Å². The molecule has 1 aromatic carbocycles. The predicted octanol–water partition coefficient (Wildman–Crippen LogP) is 2.63. The summed E-state index contributed by atoms with van der Waals surface area (Å²) in [6.07, 6.45) is 0. The van der Waals surface area contributed by atoms with Crippen LogP contribution < -0.4 is 5.73 Å². The maximum Gasteiger partial charge on any atom is 0.0595 e. The van der Waals surface area contributed by atoms with Gasteiger partial charge in [0.1, 0.15) is 0 Å². The van der Waals surface area contributed by atoms with E-state index in [0.29, 0.717) is 22.6 Å². The van der Waals surface area contributed by atoms with Gasteiger partial charge in [0.05, 0.1) is 10.0 Å². The molecule has 106 valence electrons. The van der Waals surface area contributed by atoms with Gasteiger partial charge in [0.25, 0.3) is 0 Å². The van der Waals surface area contributed by atoms with Crippen LogP contribution in [0, 0.1) is 0 Å². The van der Waals surface area contributed by atoms with E-state index in [-0.39, 0.29) is 6.04 Å². The van der Waals surface area contributed by atoms with Gasteiger partial charge in [-0.2, -0.15) is 0 Å². The third-order valence-corrected chi connectivity index (χ3v) is 4.72. The van der Waals surface area contributed by atoms with Crippen LogP contribution in [0.1, 0.15) is 18.5 Å². The minimum atomic E-state index is 0.214. The number of rotatable bonds is 3. The Balaban J connectivity index is 2.17. The Bertz CT molecular complexity index is 439. The predicted molar refractivity (Wildman–Crippen MR) is 81.9 cm³/mol. The first-order valence-corrected chi connectivity index (χ1v) is 7.37. The summed E-state index contributed by atoms with van der Waals surface area (Å²) in [5.41, 5.74) is 7.12. The second kappa shape index (κ2) is 6.42. The number of nitrogens with two attached hydrogens (primary N) is 1. The maximum absolute atomic E-state index is 6.11. The van der Waals surface area contributed by atoms with Gasteiger partial charge < -0.3 is 10.6 Å². The van der Waals surface area contributed by atoms with Gasteiger partial charge in [-0.15, -0.1) is 0 Å². The summed E-state index contributed by atoms with van der Waals surface area (Å²) in [5, 5.41) is 1.19. The minimum absolute atomic E-state index is 0.214. The van der Waals surface area contributed by atoms with Crippen LogP contribution in [-0.2, 0) is 0 Å². The first-order valence-electron chi connectivity index (χ1n) is 6.62. The van der Waals surface area contributed by atoms with Crippen molar-refractivity contribution >= 4 is 23.2 Å². The zero-order valence-corrected chi connectivity index (χ0v) is 13.0. The van der Waals surface area contributed by atoms with E-state index >= 15 is 0 Å². The summed E-state index contributed by atoms with van der Waals surface area (Å²) in [7, 11) is 2.17. The largest absolute Gasteiger partial charge is 0.329 e. The molecule has 2 N–H and O–H groups in total. The van der Waals surface area contributed by atoms with E-state index < -0.39 is 0 Å². The van der Waals surface area contributed by atoms with Crippen LogP contribution in [0.4, 0.5) is 0 Å². The van der Waals surface area contributed by atoms with Gasteiger partial charge >= 0.3 is 0 Å². The second-order valence-corrected chi connectivity index (χ2v) is 6.06. The van der Waals surface area contributed by atoms with Gasteiger partial charge in [0.2, 0.25) is 0 Å². The lowest BCUT2D eigenvalue weighted by Gasteiger charge is -2.41. The third kappa shape index (κ3) is 3.41. The Kier molecular flexibility index (Phi) is 5.09. The number of hydrogen-bond acceptors (Lipinski definition) is 3. The van der Waals surface area contributed by atoms with Crippen molar-refractivity contribution in [3.05, 3.63) is 33.8 Å². The molecule has 0 aromatic heterocycles. The number of hydrogen-bond donors (Lipinski definition) is 1. The van der Waals surface area contributed by atoms with Gasteiger partial charge in [-0.25, -0.2) is 0 Å². The standard InChI is InChI=1S/C14H21Cl2N3/c1-10-9-19(6-5-18(10)2)14(8-17)11-3-4-12(15)13(16)7-11/h3-4,7,10,14H,5-6,8-9,17H2,1-2H3. The van der Waals surface area contributed by atoms with E-state index in [1.54, 1.807) is 0 Å². The minimum Gasteiger partial charge on any atom is -0.329 e. The molecule has 0 radical (unpaired) electrons. The highest BCUT2D eigenvalue weighted by atomic mass is 35.5. The van der Waals surface area contributed by atoms with Crippen molar-refractivity contribution in [2.45, 2.75) is 19.0 Å². The van der Waals surface area contributed by atoms with Crippen molar-refractivity contribution in [3.63, 3.8) is 0 Å². The summed E-state index contributed by atoms with van der Waals surface area (Å²) < 4.78 is 0. The van der Waals surface area contributed by atoms with Gasteiger partial charge in [-0.3, -0.25) is 4.90 Å². The Morgan fingerprint density at radius 2 is 2.05 bits per heavy atom. The summed E-state index contributed by atoms with van der Waals surface area (Å²) in [6, 6.07) is 6.57. The molecule has 19 heavy (non-hydrogen) atoms. The molecule has 1 saturated heterocycles. The molecule has 0 saturated carbocycles. The summed E-state index contributed by atoms with van der Waals surface area (Å²) in [5.74, 6) is 0. The molecule has 5 heteroatoms. The Labute approximate surface area is 125 Å². The van der Waals surface area contributed by atoms with Crippen LogP contribution in [0.3, 0.4) is 0 Å². The van der Waals surface area contributed by atoms with Gasteiger partial charge in [0, 0.05) is 38.3 Å². The third-order valence-electron chi connectivity index (χ3n) is 3.98. The number of piperazine rings is 1. The zero-order valence-electron chi connectivity index (χ0n) is 11.4. The number of likely N-dealkylation sites (N-methyl/N-ethyl adjacent to an activating group) is 1. The van der Waals surface area contributed by atoms with E-state index in [9.17, 15) is 0 Å². The average Bonchev–Trinajstić information content (AvgIpc) is 2.39. The highest BCUT2D eigenvalue weighted by Crippen LogP contribution is 2.29. The van der Waals surface area contributed by atoms with E-state index in [1.165, 1.54) is 0 Å². The molecule has 0 amide bonds.